The summed E-state index contributed by atoms with van der Waals surface area (Å²) in [7, 11) is 0. The smallest absolute Gasteiger partial charge is 0.358 e. The van der Waals surface area contributed by atoms with Gasteiger partial charge in [0.1, 0.15) is 5.01 Å². The zero-order valence-electron chi connectivity index (χ0n) is 16.0. The van der Waals surface area contributed by atoms with Gasteiger partial charge in [0, 0.05) is 22.2 Å². The van der Waals surface area contributed by atoms with E-state index < -0.39 is 12.1 Å². The van der Waals surface area contributed by atoms with Gasteiger partial charge in [0.05, 0.1) is 5.69 Å². The molecular weight excluding hydrogens is 376 g/mol. The third-order valence-corrected chi connectivity index (χ3v) is 5.31. The minimum atomic E-state index is -1.01. The number of Topliss-reactive ketones (excluding diaryl/α,β-unsaturated/α-hetero) is 2. The van der Waals surface area contributed by atoms with E-state index in [2.05, 4.69) is 9.97 Å². The van der Waals surface area contributed by atoms with Crippen molar-refractivity contribution in [2.75, 3.05) is 0 Å². The number of H-pyrrole nitrogens is 1. The fraction of sp³-hybridized carbons (Fsp3) is 0.238. The zero-order chi connectivity index (χ0) is 20.4. The summed E-state index contributed by atoms with van der Waals surface area (Å²) in [6.07, 6.45) is -1.01. The lowest BCUT2D eigenvalue weighted by molar-refractivity contribution is 0.0312. The molecule has 0 aliphatic heterocycles. The predicted octanol–water partition coefficient (Wildman–Crippen LogP) is 4.39. The van der Waals surface area contributed by atoms with Gasteiger partial charge in [-0.25, -0.2) is 9.78 Å². The molecule has 1 unspecified atom stereocenters. The lowest BCUT2D eigenvalue weighted by Gasteiger charge is -2.11. The Balaban J connectivity index is 1.74. The standard InChI is InChI=1S/C21H20N2O4S/c1-11-17(13(3)24)12(2)22-18(11)19(25)14(4)27-21(26)16-10-28-20(23-16)15-8-6-5-7-9-15/h5-10,14,22H,1-4H3. The summed E-state index contributed by atoms with van der Waals surface area (Å²) < 4.78 is 5.32. The van der Waals surface area contributed by atoms with Crippen LogP contribution in [0.15, 0.2) is 35.7 Å². The van der Waals surface area contributed by atoms with Gasteiger partial charge in [-0.1, -0.05) is 30.3 Å². The first-order valence-electron chi connectivity index (χ1n) is 8.75. The summed E-state index contributed by atoms with van der Waals surface area (Å²) in [6.45, 7) is 6.40. The highest BCUT2D eigenvalue weighted by atomic mass is 32.1. The van der Waals surface area contributed by atoms with E-state index in [0.29, 0.717) is 21.8 Å². The maximum Gasteiger partial charge on any atom is 0.358 e. The second-order valence-electron chi connectivity index (χ2n) is 6.50. The number of ketones is 2. The maximum atomic E-state index is 12.7. The van der Waals surface area contributed by atoms with Crippen molar-refractivity contribution in [2.24, 2.45) is 0 Å². The van der Waals surface area contributed by atoms with E-state index in [1.54, 1.807) is 19.2 Å². The molecule has 28 heavy (non-hydrogen) atoms. The van der Waals surface area contributed by atoms with Gasteiger partial charge in [-0.3, -0.25) is 9.59 Å². The minimum Gasteiger partial charge on any atom is -0.449 e. The van der Waals surface area contributed by atoms with Crippen molar-refractivity contribution in [3.05, 3.63) is 63.9 Å². The summed E-state index contributed by atoms with van der Waals surface area (Å²) in [5.41, 5.74) is 3.04. The normalized spacial score (nSPS) is 11.9. The van der Waals surface area contributed by atoms with E-state index in [4.69, 9.17) is 4.74 Å². The molecule has 0 spiro atoms. The van der Waals surface area contributed by atoms with Crippen LogP contribution >= 0.6 is 11.3 Å². The molecule has 0 saturated carbocycles. The molecule has 2 heterocycles. The predicted molar refractivity (Wildman–Crippen MR) is 107 cm³/mol. The second-order valence-corrected chi connectivity index (χ2v) is 7.36. The van der Waals surface area contributed by atoms with E-state index in [0.717, 1.165) is 5.56 Å². The van der Waals surface area contributed by atoms with Crippen molar-refractivity contribution in [1.29, 1.82) is 0 Å². The molecule has 0 aliphatic carbocycles. The molecule has 0 radical (unpaired) electrons. The number of aromatic amines is 1. The van der Waals surface area contributed by atoms with Crippen LogP contribution in [-0.4, -0.2) is 33.6 Å². The first-order chi connectivity index (χ1) is 13.3. The van der Waals surface area contributed by atoms with Crippen molar-refractivity contribution < 1.29 is 19.1 Å². The van der Waals surface area contributed by atoms with Crippen LogP contribution in [0.2, 0.25) is 0 Å². The van der Waals surface area contributed by atoms with Gasteiger partial charge >= 0.3 is 5.97 Å². The number of rotatable bonds is 6. The molecule has 6 nitrogen and oxygen atoms in total. The number of ether oxygens (including phenoxy) is 1. The number of esters is 1. The van der Waals surface area contributed by atoms with E-state index in [1.165, 1.54) is 25.2 Å². The van der Waals surface area contributed by atoms with Crippen LogP contribution in [-0.2, 0) is 4.74 Å². The Morgan fingerprint density at radius 2 is 1.82 bits per heavy atom. The molecule has 0 amide bonds. The Labute approximate surface area is 166 Å². The molecular formula is C21H20N2O4S. The third-order valence-electron chi connectivity index (χ3n) is 4.42. The lowest BCUT2D eigenvalue weighted by Crippen LogP contribution is -2.25. The second kappa shape index (κ2) is 7.90. The molecule has 7 heteroatoms. The van der Waals surface area contributed by atoms with E-state index in [1.807, 2.05) is 30.3 Å². The number of thiazole rings is 1. The zero-order valence-corrected chi connectivity index (χ0v) is 16.8. The third kappa shape index (κ3) is 3.80. The molecule has 0 fully saturated rings. The lowest BCUT2D eigenvalue weighted by atomic mass is 10.0. The van der Waals surface area contributed by atoms with Gasteiger partial charge in [0.2, 0.25) is 5.78 Å². The SMILES string of the molecule is CC(=O)c1c(C)[nH]c(C(=O)C(C)OC(=O)c2csc(-c3ccccc3)n2)c1C. The summed E-state index contributed by atoms with van der Waals surface area (Å²) >= 11 is 1.33. The highest BCUT2D eigenvalue weighted by Crippen LogP contribution is 2.24. The van der Waals surface area contributed by atoms with E-state index in [9.17, 15) is 14.4 Å². The number of benzene rings is 1. The fourth-order valence-corrected chi connectivity index (χ4v) is 3.88. The van der Waals surface area contributed by atoms with Gasteiger partial charge in [0.15, 0.2) is 17.6 Å². The van der Waals surface area contributed by atoms with Crippen molar-refractivity contribution in [2.45, 2.75) is 33.8 Å². The molecule has 0 bridgehead atoms. The largest absolute Gasteiger partial charge is 0.449 e. The highest BCUT2D eigenvalue weighted by molar-refractivity contribution is 7.13. The monoisotopic (exact) mass is 396 g/mol. The number of carbonyl (C=O) groups excluding carboxylic acids is 3. The van der Waals surface area contributed by atoms with Gasteiger partial charge in [-0.15, -0.1) is 11.3 Å². The highest BCUT2D eigenvalue weighted by Gasteiger charge is 2.27. The molecule has 0 saturated heterocycles. The molecule has 3 aromatic rings. The van der Waals surface area contributed by atoms with Crippen LogP contribution in [0, 0.1) is 13.8 Å². The Morgan fingerprint density at radius 3 is 2.43 bits per heavy atom. The van der Waals surface area contributed by atoms with E-state index >= 15 is 0 Å². The number of hydrogen-bond donors (Lipinski definition) is 1. The van der Waals surface area contributed by atoms with Crippen LogP contribution in [0.4, 0.5) is 0 Å². The molecule has 3 rings (SSSR count). The Hall–Kier alpha value is -3.06. The maximum absolute atomic E-state index is 12.7. The first kappa shape index (κ1) is 19.7. The fourth-order valence-electron chi connectivity index (χ4n) is 3.08. The first-order valence-corrected chi connectivity index (χ1v) is 9.63. The molecule has 0 aliphatic rings. The molecule has 1 atom stereocenters. The Bertz CT molecular complexity index is 1050. The number of nitrogens with zero attached hydrogens (tertiary/aromatic N) is 1. The van der Waals surface area contributed by atoms with Crippen LogP contribution in [0.1, 0.15) is 56.4 Å². The van der Waals surface area contributed by atoms with Gasteiger partial charge in [-0.05, 0) is 33.3 Å². The van der Waals surface area contributed by atoms with Crippen LogP contribution < -0.4 is 0 Å². The van der Waals surface area contributed by atoms with E-state index in [-0.39, 0.29) is 23.0 Å². The number of nitrogens with one attached hydrogen (secondary N) is 1. The van der Waals surface area contributed by atoms with Gasteiger partial charge < -0.3 is 9.72 Å². The summed E-state index contributed by atoms with van der Waals surface area (Å²) in [4.78, 5) is 44.1. The van der Waals surface area contributed by atoms with Crippen molar-refractivity contribution in [1.82, 2.24) is 9.97 Å². The quantitative estimate of drug-likeness (QED) is 0.493. The number of carbonyl (C=O) groups is 3. The van der Waals surface area contributed by atoms with Crippen LogP contribution in [0.5, 0.6) is 0 Å². The number of hydrogen-bond acceptors (Lipinski definition) is 6. The number of aryl methyl sites for hydroxylation is 1. The summed E-state index contributed by atoms with van der Waals surface area (Å²) in [5, 5.41) is 2.31. The molecule has 1 aromatic carbocycles. The Morgan fingerprint density at radius 1 is 1.14 bits per heavy atom. The number of aromatic nitrogens is 2. The minimum absolute atomic E-state index is 0.120. The van der Waals surface area contributed by atoms with Crippen molar-refractivity contribution in [3.8, 4) is 10.6 Å². The van der Waals surface area contributed by atoms with Gasteiger partial charge in [-0.2, -0.15) is 0 Å². The topological polar surface area (TPSA) is 89.1 Å². The van der Waals surface area contributed by atoms with Crippen molar-refractivity contribution in [3.63, 3.8) is 0 Å². The average molecular weight is 396 g/mol. The molecule has 2 aromatic heterocycles. The molecule has 1 N–H and O–H groups in total. The van der Waals surface area contributed by atoms with Crippen LogP contribution in [0.25, 0.3) is 10.6 Å². The summed E-state index contributed by atoms with van der Waals surface area (Å²) in [6, 6.07) is 9.50. The van der Waals surface area contributed by atoms with Crippen molar-refractivity contribution >= 4 is 28.9 Å². The van der Waals surface area contributed by atoms with Gasteiger partial charge in [0.25, 0.3) is 0 Å². The molecule has 144 valence electrons. The Kier molecular flexibility index (Phi) is 5.56. The summed E-state index contributed by atoms with van der Waals surface area (Å²) in [5.74, 6) is -1.17. The average Bonchev–Trinajstić information content (AvgIpc) is 3.26. The van der Waals surface area contributed by atoms with Crippen LogP contribution in [0.3, 0.4) is 0 Å².